The van der Waals surface area contributed by atoms with Crippen molar-refractivity contribution in [3.63, 3.8) is 0 Å². The van der Waals surface area contributed by atoms with Gasteiger partial charge in [0, 0.05) is 17.8 Å². The number of carbonyl (C=O) groups is 3. The van der Waals surface area contributed by atoms with Gasteiger partial charge in [0.05, 0.1) is 10.4 Å². The maximum absolute atomic E-state index is 12.9. The number of hydrogen-bond donors (Lipinski definition) is 1. The highest BCUT2D eigenvalue weighted by molar-refractivity contribution is 7.12. The van der Waals surface area contributed by atoms with Crippen LogP contribution >= 0.6 is 11.3 Å². The van der Waals surface area contributed by atoms with E-state index in [1.54, 1.807) is 35.2 Å². The van der Waals surface area contributed by atoms with E-state index in [9.17, 15) is 14.4 Å². The van der Waals surface area contributed by atoms with Gasteiger partial charge >= 0.3 is 5.97 Å². The molecule has 0 radical (unpaired) electrons. The summed E-state index contributed by atoms with van der Waals surface area (Å²) < 4.78 is 5.30. The Morgan fingerprint density at radius 2 is 1.72 bits per heavy atom. The average molecular weight is 451 g/mol. The molecule has 0 saturated carbocycles. The second kappa shape index (κ2) is 10.2. The van der Waals surface area contributed by atoms with Crippen molar-refractivity contribution in [2.75, 3.05) is 11.9 Å². The van der Waals surface area contributed by atoms with Crippen LogP contribution in [-0.2, 0) is 16.1 Å². The number of nitrogens with one attached hydrogen (secondary N) is 1. The number of anilines is 1. The molecule has 32 heavy (non-hydrogen) atoms. The SMILES string of the molecule is CC(C)(C)N(Cc1ccccc1)C(=O)COC(=O)c1cccc(NC(=O)c2cccs2)c1. The highest BCUT2D eigenvalue weighted by atomic mass is 32.1. The first-order valence-corrected chi connectivity index (χ1v) is 11.1. The minimum Gasteiger partial charge on any atom is -0.452 e. The molecule has 1 aromatic heterocycles. The topological polar surface area (TPSA) is 75.7 Å². The molecule has 3 rings (SSSR count). The van der Waals surface area contributed by atoms with Crippen LogP contribution in [0.2, 0.25) is 0 Å². The molecule has 2 aromatic carbocycles. The van der Waals surface area contributed by atoms with Crippen molar-refractivity contribution in [2.24, 2.45) is 0 Å². The van der Waals surface area contributed by atoms with Crippen molar-refractivity contribution in [3.8, 4) is 0 Å². The zero-order chi connectivity index (χ0) is 23.1. The highest BCUT2D eigenvalue weighted by Gasteiger charge is 2.27. The van der Waals surface area contributed by atoms with Crippen molar-refractivity contribution in [3.05, 3.63) is 88.1 Å². The molecule has 0 bridgehead atoms. The predicted molar refractivity (Wildman–Crippen MR) is 126 cm³/mol. The van der Waals surface area contributed by atoms with Crippen molar-refractivity contribution in [1.82, 2.24) is 4.90 Å². The van der Waals surface area contributed by atoms with Gasteiger partial charge in [-0.2, -0.15) is 0 Å². The first-order chi connectivity index (χ1) is 15.2. The van der Waals surface area contributed by atoms with E-state index < -0.39 is 11.5 Å². The second-order valence-electron chi connectivity index (χ2n) is 8.22. The molecule has 0 aliphatic carbocycles. The van der Waals surface area contributed by atoms with Crippen LogP contribution in [0.3, 0.4) is 0 Å². The van der Waals surface area contributed by atoms with Crippen LogP contribution in [0.1, 0.15) is 46.4 Å². The second-order valence-corrected chi connectivity index (χ2v) is 9.17. The Kier molecular flexibility index (Phi) is 7.43. The Balaban J connectivity index is 1.62. The molecule has 0 unspecified atom stereocenters. The lowest BCUT2D eigenvalue weighted by molar-refractivity contribution is -0.140. The summed E-state index contributed by atoms with van der Waals surface area (Å²) in [5.41, 5.74) is 1.29. The molecule has 1 heterocycles. The van der Waals surface area contributed by atoms with Crippen LogP contribution in [0.4, 0.5) is 5.69 Å². The third-order valence-electron chi connectivity index (χ3n) is 4.72. The molecule has 0 saturated heterocycles. The van der Waals surface area contributed by atoms with E-state index in [0.29, 0.717) is 17.1 Å². The molecular weight excluding hydrogens is 424 g/mol. The normalized spacial score (nSPS) is 11.0. The van der Waals surface area contributed by atoms with E-state index in [4.69, 9.17) is 4.74 Å². The first-order valence-electron chi connectivity index (χ1n) is 10.2. The molecular formula is C25H26N2O4S. The van der Waals surface area contributed by atoms with E-state index in [2.05, 4.69) is 5.32 Å². The minimum absolute atomic E-state index is 0.248. The minimum atomic E-state index is -0.626. The van der Waals surface area contributed by atoms with Crippen LogP contribution in [0.5, 0.6) is 0 Å². The summed E-state index contributed by atoms with van der Waals surface area (Å²) in [6.07, 6.45) is 0. The Bertz CT molecular complexity index is 1070. The van der Waals surface area contributed by atoms with E-state index >= 15 is 0 Å². The maximum atomic E-state index is 12.9. The highest BCUT2D eigenvalue weighted by Crippen LogP contribution is 2.19. The maximum Gasteiger partial charge on any atom is 0.338 e. The van der Waals surface area contributed by atoms with Gasteiger partial charge < -0.3 is 15.0 Å². The van der Waals surface area contributed by atoms with E-state index in [-0.39, 0.29) is 24.0 Å². The molecule has 166 valence electrons. The van der Waals surface area contributed by atoms with Gasteiger partial charge in [0.1, 0.15) is 0 Å². The van der Waals surface area contributed by atoms with Crippen LogP contribution in [0, 0.1) is 0 Å². The number of carbonyl (C=O) groups excluding carboxylic acids is 3. The number of hydrogen-bond acceptors (Lipinski definition) is 5. The number of benzene rings is 2. The standard InChI is InChI=1S/C25H26N2O4S/c1-25(2,3)27(16-18-9-5-4-6-10-18)22(28)17-31-24(30)19-11-7-12-20(15-19)26-23(29)21-13-8-14-32-21/h4-15H,16-17H2,1-3H3,(H,26,29). The largest absolute Gasteiger partial charge is 0.452 e. The third kappa shape index (κ3) is 6.28. The van der Waals surface area contributed by atoms with Crippen molar-refractivity contribution < 1.29 is 19.1 Å². The Hall–Kier alpha value is -3.45. The van der Waals surface area contributed by atoms with Gasteiger partial charge in [-0.1, -0.05) is 42.5 Å². The molecule has 1 N–H and O–H groups in total. The number of rotatable bonds is 7. The lowest BCUT2D eigenvalue weighted by Gasteiger charge is -2.35. The Labute approximate surface area is 191 Å². The van der Waals surface area contributed by atoms with Gasteiger partial charge in [-0.05, 0) is 56.0 Å². The summed E-state index contributed by atoms with van der Waals surface area (Å²) in [6.45, 7) is 5.87. The molecule has 7 heteroatoms. The van der Waals surface area contributed by atoms with Crippen LogP contribution in [0.15, 0.2) is 72.1 Å². The summed E-state index contributed by atoms with van der Waals surface area (Å²) in [7, 11) is 0. The molecule has 6 nitrogen and oxygen atoms in total. The lowest BCUT2D eigenvalue weighted by Crippen LogP contribution is -2.46. The van der Waals surface area contributed by atoms with Gasteiger partial charge in [-0.25, -0.2) is 4.79 Å². The van der Waals surface area contributed by atoms with E-state index in [1.807, 2.05) is 56.5 Å². The van der Waals surface area contributed by atoms with Crippen molar-refractivity contribution in [2.45, 2.75) is 32.9 Å². The van der Waals surface area contributed by atoms with Crippen LogP contribution < -0.4 is 5.32 Å². The number of esters is 1. The summed E-state index contributed by atoms with van der Waals surface area (Å²) in [5, 5.41) is 4.58. The number of amides is 2. The third-order valence-corrected chi connectivity index (χ3v) is 5.59. The van der Waals surface area contributed by atoms with E-state index in [1.165, 1.54) is 17.4 Å². The average Bonchev–Trinajstić information content (AvgIpc) is 3.31. The van der Waals surface area contributed by atoms with Gasteiger partial charge in [0.25, 0.3) is 11.8 Å². The molecule has 0 spiro atoms. The monoisotopic (exact) mass is 450 g/mol. The van der Waals surface area contributed by atoms with Crippen molar-refractivity contribution in [1.29, 1.82) is 0 Å². The zero-order valence-electron chi connectivity index (χ0n) is 18.3. The Morgan fingerprint density at radius 3 is 2.38 bits per heavy atom. The molecule has 0 fully saturated rings. The summed E-state index contributed by atoms with van der Waals surface area (Å²) in [4.78, 5) is 39.9. The number of thiophene rings is 1. The predicted octanol–water partition coefficient (Wildman–Crippen LogP) is 4.98. The molecule has 0 aliphatic heterocycles. The fourth-order valence-corrected chi connectivity index (χ4v) is 3.70. The first kappa shape index (κ1) is 23.2. The van der Waals surface area contributed by atoms with Gasteiger partial charge in [-0.15, -0.1) is 11.3 Å². The number of nitrogens with zero attached hydrogens (tertiary/aromatic N) is 1. The number of ether oxygens (including phenoxy) is 1. The van der Waals surface area contributed by atoms with E-state index in [0.717, 1.165) is 5.56 Å². The summed E-state index contributed by atoms with van der Waals surface area (Å²) in [6, 6.07) is 19.6. The van der Waals surface area contributed by atoms with Crippen molar-refractivity contribution >= 4 is 34.8 Å². The quantitative estimate of drug-likeness (QED) is 0.515. The molecule has 0 aliphatic rings. The fraction of sp³-hybridized carbons (Fsp3) is 0.240. The molecule has 0 atom stereocenters. The summed E-state index contributed by atoms with van der Waals surface area (Å²) >= 11 is 1.33. The fourth-order valence-electron chi connectivity index (χ4n) is 3.08. The zero-order valence-corrected chi connectivity index (χ0v) is 19.1. The molecule has 3 aromatic rings. The Morgan fingerprint density at radius 1 is 0.969 bits per heavy atom. The molecule has 2 amide bonds. The van der Waals surface area contributed by atoms with Crippen LogP contribution in [-0.4, -0.2) is 34.8 Å². The van der Waals surface area contributed by atoms with Gasteiger partial charge in [-0.3, -0.25) is 9.59 Å². The smallest absolute Gasteiger partial charge is 0.338 e. The van der Waals surface area contributed by atoms with Gasteiger partial charge in [0.15, 0.2) is 6.61 Å². The summed E-state index contributed by atoms with van der Waals surface area (Å²) in [5.74, 6) is -1.15. The van der Waals surface area contributed by atoms with Crippen LogP contribution in [0.25, 0.3) is 0 Å². The van der Waals surface area contributed by atoms with Gasteiger partial charge in [0.2, 0.25) is 0 Å². The lowest BCUT2D eigenvalue weighted by atomic mass is 10.0.